The molecule has 0 aliphatic rings. The Morgan fingerprint density at radius 2 is 2.14 bits per heavy atom. The second-order valence-electron chi connectivity index (χ2n) is 2.70. The first-order valence-electron chi connectivity index (χ1n) is 4.09. The average molecular weight is 216 g/mol. The molecule has 0 saturated heterocycles. The summed E-state index contributed by atoms with van der Waals surface area (Å²) in [4.78, 5) is 9.01. The summed E-state index contributed by atoms with van der Waals surface area (Å²) in [5.74, 6) is 4.87. The molecule has 0 bridgehead atoms. The minimum atomic E-state index is -4.02. The standard InChI is InChI=1S/C9H13O4P/c1-4-5-6-7-8-12-14(10,11)13-9(2)3/h1,9H,5-6H2,2-3H3,(H,10,11). The Labute approximate surface area is 84.2 Å². The first kappa shape index (κ1) is 13.1. The van der Waals surface area contributed by atoms with Crippen molar-refractivity contribution >= 4 is 7.82 Å². The molecule has 0 rings (SSSR count). The van der Waals surface area contributed by atoms with E-state index < -0.39 is 13.9 Å². The molecule has 0 radical (unpaired) electrons. The fourth-order valence-corrected chi connectivity index (χ4v) is 1.32. The number of hydrogen-bond acceptors (Lipinski definition) is 3. The molecule has 78 valence electrons. The molecule has 1 N–H and O–H groups in total. The van der Waals surface area contributed by atoms with Crippen molar-refractivity contribution in [2.24, 2.45) is 0 Å². The Morgan fingerprint density at radius 3 is 2.64 bits per heavy atom. The van der Waals surface area contributed by atoms with E-state index in [1.54, 1.807) is 13.8 Å². The molecule has 0 aliphatic heterocycles. The lowest BCUT2D eigenvalue weighted by atomic mass is 10.3. The van der Waals surface area contributed by atoms with Crippen molar-refractivity contribution in [3.8, 4) is 24.4 Å². The summed E-state index contributed by atoms with van der Waals surface area (Å²) in [6, 6.07) is 0. The van der Waals surface area contributed by atoms with Gasteiger partial charge in [0.15, 0.2) is 0 Å². The largest absolute Gasteiger partial charge is 0.536 e. The van der Waals surface area contributed by atoms with Gasteiger partial charge in [-0.1, -0.05) is 5.92 Å². The highest BCUT2D eigenvalue weighted by Gasteiger charge is 2.22. The van der Waals surface area contributed by atoms with Crippen molar-refractivity contribution in [3.63, 3.8) is 0 Å². The fraction of sp³-hybridized carbons (Fsp3) is 0.556. The topological polar surface area (TPSA) is 55.8 Å². The van der Waals surface area contributed by atoms with Gasteiger partial charge in [0.2, 0.25) is 0 Å². The lowest BCUT2D eigenvalue weighted by Gasteiger charge is -2.10. The van der Waals surface area contributed by atoms with Gasteiger partial charge < -0.3 is 4.52 Å². The summed E-state index contributed by atoms with van der Waals surface area (Å²) in [5.41, 5.74) is 0. The van der Waals surface area contributed by atoms with E-state index in [0.717, 1.165) is 0 Å². The van der Waals surface area contributed by atoms with Crippen molar-refractivity contribution in [3.05, 3.63) is 0 Å². The average Bonchev–Trinajstić information content (AvgIpc) is 2.01. The minimum Gasteiger partial charge on any atom is -0.350 e. The molecular formula is C9H13O4P. The van der Waals surface area contributed by atoms with E-state index in [1.165, 1.54) is 0 Å². The normalized spacial score (nSPS) is 13.6. The summed E-state index contributed by atoms with van der Waals surface area (Å²) in [6.07, 6.45) is 7.58. The van der Waals surface area contributed by atoms with Crippen LogP contribution in [0.25, 0.3) is 0 Å². The molecule has 0 spiro atoms. The smallest absolute Gasteiger partial charge is 0.350 e. The Hall–Kier alpha value is -0.930. The first-order valence-corrected chi connectivity index (χ1v) is 5.58. The Bertz CT molecular complexity index is 305. The molecule has 0 aromatic rings. The molecule has 0 heterocycles. The second kappa shape index (κ2) is 6.51. The maximum Gasteiger partial charge on any atom is 0.536 e. The molecule has 0 aliphatic carbocycles. The van der Waals surface area contributed by atoms with Crippen LogP contribution in [0.1, 0.15) is 26.7 Å². The highest BCUT2D eigenvalue weighted by molar-refractivity contribution is 7.47. The highest BCUT2D eigenvalue weighted by atomic mass is 31.2. The van der Waals surface area contributed by atoms with Gasteiger partial charge in [-0.05, 0) is 13.8 Å². The number of unbranched alkanes of at least 4 members (excludes halogenated alkanes) is 1. The minimum absolute atomic E-state index is 0.390. The Balaban J connectivity index is 3.91. The molecule has 4 nitrogen and oxygen atoms in total. The molecule has 1 atom stereocenters. The van der Waals surface area contributed by atoms with Crippen molar-refractivity contribution in [1.29, 1.82) is 0 Å². The van der Waals surface area contributed by atoms with E-state index in [1.807, 2.05) is 0 Å². The van der Waals surface area contributed by atoms with Crippen LogP contribution in [0.2, 0.25) is 0 Å². The predicted octanol–water partition coefficient (Wildman–Crippen LogP) is 1.90. The van der Waals surface area contributed by atoms with Crippen LogP contribution >= 0.6 is 7.82 Å². The third-order valence-electron chi connectivity index (χ3n) is 0.972. The lowest BCUT2D eigenvalue weighted by molar-refractivity contribution is 0.154. The maximum atomic E-state index is 11.0. The summed E-state index contributed by atoms with van der Waals surface area (Å²) < 4.78 is 20.0. The van der Waals surface area contributed by atoms with Crippen molar-refractivity contribution in [2.75, 3.05) is 0 Å². The third-order valence-corrected chi connectivity index (χ3v) is 1.98. The highest BCUT2D eigenvalue weighted by Crippen LogP contribution is 2.43. The van der Waals surface area contributed by atoms with Crippen LogP contribution in [0.5, 0.6) is 0 Å². The van der Waals surface area contributed by atoms with E-state index in [4.69, 9.17) is 11.3 Å². The molecule has 5 heteroatoms. The van der Waals surface area contributed by atoms with Crippen LogP contribution in [0.3, 0.4) is 0 Å². The van der Waals surface area contributed by atoms with Crippen LogP contribution in [0, 0.1) is 24.4 Å². The van der Waals surface area contributed by atoms with Crippen LogP contribution < -0.4 is 0 Å². The van der Waals surface area contributed by atoms with Gasteiger partial charge in [-0.2, -0.15) is 0 Å². The van der Waals surface area contributed by atoms with Gasteiger partial charge in [-0.15, -0.1) is 12.3 Å². The van der Waals surface area contributed by atoms with Crippen LogP contribution in [-0.2, 0) is 13.6 Å². The van der Waals surface area contributed by atoms with E-state index in [9.17, 15) is 4.57 Å². The van der Waals surface area contributed by atoms with Gasteiger partial charge in [0.25, 0.3) is 0 Å². The van der Waals surface area contributed by atoms with Crippen molar-refractivity contribution in [2.45, 2.75) is 32.8 Å². The summed E-state index contributed by atoms with van der Waals surface area (Å²) in [5, 5.41) is 0. The molecule has 14 heavy (non-hydrogen) atoms. The number of phosphoric acid groups is 1. The molecular weight excluding hydrogens is 203 g/mol. The summed E-state index contributed by atoms with van der Waals surface area (Å²) >= 11 is 0. The van der Waals surface area contributed by atoms with E-state index in [2.05, 4.69) is 27.0 Å². The molecule has 0 fully saturated rings. The number of phosphoric ester groups is 1. The van der Waals surface area contributed by atoms with Crippen LogP contribution in [-0.4, -0.2) is 11.0 Å². The monoisotopic (exact) mass is 216 g/mol. The van der Waals surface area contributed by atoms with E-state index in [-0.39, 0.29) is 0 Å². The third kappa shape index (κ3) is 7.71. The molecule has 0 amide bonds. The predicted molar refractivity (Wildman–Crippen MR) is 53.0 cm³/mol. The Kier molecular flexibility index (Phi) is 6.08. The number of terminal acetylenes is 1. The van der Waals surface area contributed by atoms with E-state index >= 15 is 0 Å². The van der Waals surface area contributed by atoms with Crippen LogP contribution in [0.4, 0.5) is 0 Å². The van der Waals surface area contributed by atoms with Gasteiger partial charge in [0.1, 0.15) is 6.11 Å². The summed E-state index contributed by atoms with van der Waals surface area (Å²) in [6.45, 7) is 3.25. The zero-order valence-electron chi connectivity index (χ0n) is 8.19. The van der Waals surface area contributed by atoms with Gasteiger partial charge in [-0.25, -0.2) is 4.57 Å². The lowest BCUT2D eigenvalue weighted by Crippen LogP contribution is -2.00. The van der Waals surface area contributed by atoms with E-state index in [0.29, 0.717) is 12.8 Å². The van der Waals surface area contributed by atoms with Gasteiger partial charge >= 0.3 is 7.82 Å². The van der Waals surface area contributed by atoms with Gasteiger partial charge in [0.05, 0.1) is 6.10 Å². The van der Waals surface area contributed by atoms with Gasteiger partial charge in [-0.3, -0.25) is 9.42 Å². The number of rotatable bonds is 4. The zero-order chi connectivity index (χ0) is 11.0. The maximum absolute atomic E-state index is 11.0. The Morgan fingerprint density at radius 1 is 1.50 bits per heavy atom. The first-order chi connectivity index (χ1) is 6.48. The molecule has 0 aromatic heterocycles. The second-order valence-corrected chi connectivity index (χ2v) is 4.03. The van der Waals surface area contributed by atoms with Crippen LogP contribution in [0.15, 0.2) is 0 Å². The van der Waals surface area contributed by atoms with Crippen molar-refractivity contribution < 1.29 is 18.5 Å². The molecule has 1 unspecified atom stereocenters. The SMILES string of the molecule is C#CCCC#COP(=O)(O)OC(C)C. The molecule has 0 aromatic carbocycles. The fourth-order valence-electron chi connectivity index (χ4n) is 0.564. The van der Waals surface area contributed by atoms with Crippen molar-refractivity contribution in [1.82, 2.24) is 0 Å². The quantitative estimate of drug-likeness (QED) is 0.443. The van der Waals surface area contributed by atoms with Gasteiger partial charge in [0, 0.05) is 12.8 Å². The summed E-state index contributed by atoms with van der Waals surface area (Å²) in [7, 11) is -4.02. The molecule has 0 saturated carbocycles. The zero-order valence-corrected chi connectivity index (χ0v) is 9.08. The number of hydrogen-bond donors (Lipinski definition) is 1.